The second-order valence-corrected chi connectivity index (χ2v) is 5.27. The standard InChI is InChI=1S/C12H18ClNOS/c1-9(12(8-15)16-2)14-7-10-4-3-5-11(13)6-10/h3-6,9,12,14-15H,7-8H2,1-2H3. The summed E-state index contributed by atoms with van der Waals surface area (Å²) in [4.78, 5) is 0. The van der Waals surface area contributed by atoms with Crippen LogP contribution in [-0.2, 0) is 6.54 Å². The van der Waals surface area contributed by atoms with Crippen LogP contribution in [0.5, 0.6) is 0 Å². The molecule has 0 radical (unpaired) electrons. The van der Waals surface area contributed by atoms with Crippen molar-refractivity contribution in [2.24, 2.45) is 0 Å². The molecule has 0 saturated carbocycles. The summed E-state index contributed by atoms with van der Waals surface area (Å²) < 4.78 is 0. The molecule has 0 fully saturated rings. The van der Waals surface area contributed by atoms with E-state index >= 15 is 0 Å². The van der Waals surface area contributed by atoms with Crippen LogP contribution in [0.25, 0.3) is 0 Å². The van der Waals surface area contributed by atoms with Crippen molar-refractivity contribution < 1.29 is 5.11 Å². The SMILES string of the molecule is CSC(CO)C(C)NCc1cccc(Cl)c1. The van der Waals surface area contributed by atoms with Crippen molar-refractivity contribution in [2.45, 2.75) is 24.8 Å². The first-order chi connectivity index (χ1) is 7.67. The molecule has 1 aromatic carbocycles. The zero-order valence-corrected chi connectivity index (χ0v) is 11.2. The van der Waals surface area contributed by atoms with Crippen molar-refractivity contribution in [2.75, 3.05) is 12.9 Å². The predicted molar refractivity (Wildman–Crippen MR) is 72.1 cm³/mol. The molecule has 0 aromatic heterocycles. The molecular formula is C12H18ClNOS. The van der Waals surface area contributed by atoms with Gasteiger partial charge >= 0.3 is 0 Å². The highest BCUT2D eigenvalue weighted by molar-refractivity contribution is 7.99. The van der Waals surface area contributed by atoms with Crippen LogP contribution in [-0.4, -0.2) is 29.3 Å². The van der Waals surface area contributed by atoms with E-state index in [0.29, 0.717) is 0 Å². The van der Waals surface area contributed by atoms with Crippen LogP contribution in [0, 0.1) is 0 Å². The molecule has 2 unspecified atom stereocenters. The zero-order chi connectivity index (χ0) is 12.0. The third-order valence-corrected chi connectivity index (χ3v) is 3.96. The van der Waals surface area contributed by atoms with Crippen LogP contribution >= 0.6 is 23.4 Å². The predicted octanol–water partition coefficient (Wildman–Crippen LogP) is 2.54. The van der Waals surface area contributed by atoms with E-state index in [-0.39, 0.29) is 17.9 Å². The Balaban J connectivity index is 2.45. The molecule has 0 amide bonds. The van der Waals surface area contributed by atoms with E-state index in [2.05, 4.69) is 12.2 Å². The summed E-state index contributed by atoms with van der Waals surface area (Å²) >= 11 is 7.58. The summed E-state index contributed by atoms with van der Waals surface area (Å²) in [6.07, 6.45) is 2.01. The molecule has 0 aliphatic heterocycles. The van der Waals surface area contributed by atoms with Crippen LogP contribution in [0.3, 0.4) is 0 Å². The summed E-state index contributed by atoms with van der Waals surface area (Å²) in [5.41, 5.74) is 1.16. The maximum atomic E-state index is 9.16. The minimum atomic E-state index is 0.199. The third kappa shape index (κ3) is 4.34. The lowest BCUT2D eigenvalue weighted by atomic mass is 10.2. The molecule has 16 heavy (non-hydrogen) atoms. The Morgan fingerprint density at radius 2 is 2.25 bits per heavy atom. The monoisotopic (exact) mass is 259 g/mol. The Morgan fingerprint density at radius 1 is 1.50 bits per heavy atom. The highest BCUT2D eigenvalue weighted by atomic mass is 35.5. The number of halogens is 1. The van der Waals surface area contributed by atoms with Gasteiger partial charge in [0.2, 0.25) is 0 Å². The smallest absolute Gasteiger partial charge is 0.0564 e. The van der Waals surface area contributed by atoms with Crippen molar-refractivity contribution in [3.05, 3.63) is 34.9 Å². The molecule has 0 heterocycles. The average molecular weight is 260 g/mol. The van der Waals surface area contributed by atoms with E-state index in [1.807, 2.05) is 30.5 Å². The van der Waals surface area contributed by atoms with Gasteiger partial charge in [0.05, 0.1) is 6.61 Å². The fourth-order valence-corrected chi connectivity index (χ4v) is 2.36. The first-order valence-corrected chi connectivity index (χ1v) is 6.95. The Labute approximate surface area is 106 Å². The summed E-state index contributed by atoms with van der Waals surface area (Å²) in [5, 5.41) is 13.5. The second kappa shape index (κ2) is 7.17. The van der Waals surface area contributed by atoms with Crippen molar-refractivity contribution in [1.82, 2.24) is 5.32 Å². The van der Waals surface area contributed by atoms with Gasteiger partial charge in [0.25, 0.3) is 0 Å². The Morgan fingerprint density at radius 3 is 2.81 bits per heavy atom. The van der Waals surface area contributed by atoms with Crippen LogP contribution in [0.2, 0.25) is 5.02 Å². The third-order valence-electron chi connectivity index (χ3n) is 2.56. The fourth-order valence-electron chi connectivity index (χ4n) is 1.49. The lowest BCUT2D eigenvalue weighted by Gasteiger charge is -2.21. The lowest BCUT2D eigenvalue weighted by Crippen LogP contribution is -2.37. The normalized spacial score (nSPS) is 14.8. The first-order valence-electron chi connectivity index (χ1n) is 5.29. The van der Waals surface area contributed by atoms with Crippen molar-refractivity contribution >= 4 is 23.4 Å². The van der Waals surface area contributed by atoms with Crippen LogP contribution in [0.1, 0.15) is 12.5 Å². The molecule has 0 spiro atoms. The summed E-state index contributed by atoms with van der Waals surface area (Å²) in [5.74, 6) is 0. The van der Waals surface area contributed by atoms with Gasteiger partial charge in [-0.25, -0.2) is 0 Å². The Kier molecular flexibility index (Phi) is 6.21. The maximum absolute atomic E-state index is 9.16. The maximum Gasteiger partial charge on any atom is 0.0564 e. The van der Waals surface area contributed by atoms with E-state index in [9.17, 15) is 0 Å². The van der Waals surface area contributed by atoms with Crippen LogP contribution in [0.15, 0.2) is 24.3 Å². The number of benzene rings is 1. The number of hydrogen-bond donors (Lipinski definition) is 2. The number of aliphatic hydroxyl groups excluding tert-OH is 1. The number of rotatable bonds is 6. The molecule has 1 aromatic rings. The summed E-state index contributed by atoms with van der Waals surface area (Å²) in [6.45, 7) is 3.06. The fraction of sp³-hybridized carbons (Fsp3) is 0.500. The molecule has 90 valence electrons. The molecule has 0 aliphatic carbocycles. The van der Waals surface area contributed by atoms with Gasteiger partial charge in [-0.1, -0.05) is 23.7 Å². The van der Waals surface area contributed by atoms with Gasteiger partial charge in [-0.3, -0.25) is 0 Å². The first kappa shape index (κ1) is 13.8. The van der Waals surface area contributed by atoms with E-state index in [1.54, 1.807) is 11.8 Å². The van der Waals surface area contributed by atoms with Crippen molar-refractivity contribution in [3.8, 4) is 0 Å². The largest absolute Gasteiger partial charge is 0.395 e. The van der Waals surface area contributed by atoms with Gasteiger partial charge in [0, 0.05) is 22.9 Å². The molecule has 2 N–H and O–H groups in total. The Hall–Kier alpha value is -0.220. The minimum absolute atomic E-state index is 0.199. The van der Waals surface area contributed by atoms with E-state index in [0.717, 1.165) is 17.1 Å². The molecule has 4 heteroatoms. The zero-order valence-electron chi connectivity index (χ0n) is 9.61. The number of thioether (sulfide) groups is 1. The number of nitrogens with one attached hydrogen (secondary N) is 1. The summed E-state index contributed by atoms with van der Waals surface area (Å²) in [6, 6.07) is 8.08. The molecule has 0 saturated heterocycles. The highest BCUT2D eigenvalue weighted by Gasteiger charge is 2.14. The molecule has 1 rings (SSSR count). The van der Waals surface area contributed by atoms with E-state index in [1.165, 1.54) is 0 Å². The van der Waals surface area contributed by atoms with Gasteiger partial charge in [-0.15, -0.1) is 0 Å². The summed E-state index contributed by atoms with van der Waals surface area (Å²) in [7, 11) is 0. The molecule has 0 aliphatic rings. The average Bonchev–Trinajstić information content (AvgIpc) is 2.28. The van der Waals surface area contributed by atoms with Gasteiger partial charge in [0.1, 0.15) is 0 Å². The second-order valence-electron chi connectivity index (χ2n) is 3.76. The highest BCUT2D eigenvalue weighted by Crippen LogP contribution is 2.13. The molecule has 2 nitrogen and oxygen atoms in total. The molecule has 0 bridgehead atoms. The Bertz CT molecular complexity index is 318. The van der Waals surface area contributed by atoms with Gasteiger partial charge in [-0.05, 0) is 30.9 Å². The number of hydrogen-bond acceptors (Lipinski definition) is 3. The number of aliphatic hydroxyl groups is 1. The van der Waals surface area contributed by atoms with Gasteiger partial charge in [0.15, 0.2) is 0 Å². The van der Waals surface area contributed by atoms with Gasteiger partial charge in [-0.2, -0.15) is 11.8 Å². The van der Waals surface area contributed by atoms with E-state index in [4.69, 9.17) is 16.7 Å². The quantitative estimate of drug-likeness (QED) is 0.824. The lowest BCUT2D eigenvalue weighted by molar-refractivity contribution is 0.276. The van der Waals surface area contributed by atoms with Gasteiger partial charge < -0.3 is 10.4 Å². The molecular weight excluding hydrogens is 242 g/mol. The van der Waals surface area contributed by atoms with Crippen LogP contribution in [0.4, 0.5) is 0 Å². The van der Waals surface area contributed by atoms with Crippen molar-refractivity contribution in [1.29, 1.82) is 0 Å². The van der Waals surface area contributed by atoms with Crippen LogP contribution < -0.4 is 5.32 Å². The van der Waals surface area contributed by atoms with E-state index < -0.39 is 0 Å². The molecule has 2 atom stereocenters. The van der Waals surface area contributed by atoms with Crippen molar-refractivity contribution in [3.63, 3.8) is 0 Å². The minimum Gasteiger partial charge on any atom is -0.395 e. The topological polar surface area (TPSA) is 32.3 Å².